The zero-order chi connectivity index (χ0) is 17.5. The molecule has 0 saturated heterocycles. The van der Waals surface area contributed by atoms with E-state index < -0.39 is 10.0 Å². The first kappa shape index (κ1) is 17.8. The Balaban J connectivity index is 1.52. The summed E-state index contributed by atoms with van der Waals surface area (Å²) in [6, 6.07) is 14.9. The van der Waals surface area contributed by atoms with Crippen molar-refractivity contribution >= 4 is 10.0 Å². The molecular formula is C19H23NO4S. The van der Waals surface area contributed by atoms with Crippen LogP contribution in [0.2, 0.25) is 0 Å². The van der Waals surface area contributed by atoms with Crippen molar-refractivity contribution in [1.82, 2.24) is 4.72 Å². The second kappa shape index (κ2) is 8.36. The van der Waals surface area contributed by atoms with Gasteiger partial charge in [0.2, 0.25) is 10.0 Å². The Kier molecular flexibility index (Phi) is 5.94. The van der Waals surface area contributed by atoms with Crippen LogP contribution in [-0.2, 0) is 16.4 Å². The van der Waals surface area contributed by atoms with Crippen LogP contribution in [0.5, 0.6) is 11.5 Å². The summed E-state index contributed by atoms with van der Waals surface area (Å²) in [7, 11) is -3.54. The minimum Gasteiger partial charge on any atom is -0.490 e. The zero-order valence-electron chi connectivity index (χ0n) is 14.1. The second-order valence-electron chi connectivity index (χ2n) is 6.00. The van der Waals surface area contributed by atoms with Gasteiger partial charge in [0.1, 0.15) is 0 Å². The molecule has 0 radical (unpaired) electrons. The Hall–Kier alpha value is -2.05. The van der Waals surface area contributed by atoms with Crippen LogP contribution in [0.4, 0.5) is 0 Å². The summed E-state index contributed by atoms with van der Waals surface area (Å²) in [6.45, 7) is 1.53. The van der Waals surface area contributed by atoms with Crippen LogP contribution in [0, 0.1) is 0 Å². The van der Waals surface area contributed by atoms with E-state index in [0.29, 0.717) is 31.3 Å². The van der Waals surface area contributed by atoms with Gasteiger partial charge in [-0.1, -0.05) is 30.3 Å². The van der Waals surface area contributed by atoms with Gasteiger partial charge in [-0.3, -0.25) is 0 Å². The number of nitrogens with one attached hydrogen (secondary N) is 1. The molecule has 0 saturated carbocycles. The highest BCUT2D eigenvalue weighted by Crippen LogP contribution is 2.31. The van der Waals surface area contributed by atoms with Crippen molar-refractivity contribution < 1.29 is 17.9 Å². The topological polar surface area (TPSA) is 64.6 Å². The lowest BCUT2D eigenvalue weighted by molar-refractivity contribution is 0.297. The van der Waals surface area contributed by atoms with Crippen molar-refractivity contribution in [1.29, 1.82) is 0 Å². The van der Waals surface area contributed by atoms with Crippen molar-refractivity contribution in [3.05, 3.63) is 54.1 Å². The van der Waals surface area contributed by atoms with Crippen LogP contribution in [0.1, 0.15) is 24.8 Å². The quantitative estimate of drug-likeness (QED) is 0.770. The van der Waals surface area contributed by atoms with Gasteiger partial charge in [-0.15, -0.1) is 0 Å². The number of hydrogen-bond acceptors (Lipinski definition) is 4. The average Bonchev–Trinajstić information content (AvgIpc) is 2.87. The summed E-state index contributed by atoms with van der Waals surface area (Å²) in [6.07, 6.45) is 3.47. The first-order valence-corrected chi connectivity index (χ1v) is 10.1. The average molecular weight is 361 g/mol. The number of ether oxygens (including phenoxy) is 2. The molecule has 2 aromatic rings. The molecule has 0 amide bonds. The summed E-state index contributed by atoms with van der Waals surface area (Å²) in [5, 5.41) is 0. The summed E-state index contributed by atoms with van der Waals surface area (Å²) in [4.78, 5) is 0.208. The molecule has 0 aliphatic carbocycles. The van der Waals surface area contributed by atoms with Gasteiger partial charge in [0, 0.05) is 19.0 Å². The van der Waals surface area contributed by atoms with Crippen LogP contribution in [-0.4, -0.2) is 28.2 Å². The van der Waals surface area contributed by atoms with Gasteiger partial charge in [0.25, 0.3) is 0 Å². The van der Waals surface area contributed by atoms with Crippen molar-refractivity contribution in [3.63, 3.8) is 0 Å². The molecule has 1 heterocycles. The number of unbranched alkanes of at least 4 members (excludes halogenated alkanes) is 1. The molecule has 0 atom stereocenters. The number of sulfonamides is 1. The summed E-state index contributed by atoms with van der Waals surface area (Å²) < 4.78 is 38.6. The van der Waals surface area contributed by atoms with Gasteiger partial charge in [0.15, 0.2) is 11.5 Å². The fourth-order valence-corrected chi connectivity index (χ4v) is 3.79. The van der Waals surface area contributed by atoms with E-state index in [1.54, 1.807) is 12.1 Å². The van der Waals surface area contributed by atoms with Crippen LogP contribution in [0.25, 0.3) is 0 Å². The van der Waals surface area contributed by atoms with E-state index in [1.165, 1.54) is 11.6 Å². The maximum Gasteiger partial charge on any atom is 0.240 e. The summed E-state index contributed by atoms with van der Waals surface area (Å²) in [5.74, 6) is 1.09. The predicted octanol–water partition coefficient (Wildman–Crippen LogP) is 3.15. The Morgan fingerprint density at radius 2 is 1.68 bits per heavy atom. The highest BCUT2D eigenvalue weighted by molar-refractivity contribution is 7.89. The molecule has 1 N–H and O–H groups in total. The molecule has 0 fully saturated rings. The summed E-state index contributed by atoms with van der Waals surface area (Å²) in [5.41, 5.74) is 1.27. The monoisotopic (exact) mass is 361 g/mol. The Morgan fingerprint density at radius 3 is 2.48 bits per heavy atom. The maximum absolute atomic E-state index is 12.4. The molecule has 25 heavy (non-hydrogen) atoms. The van der Waals surface area contributed by atoms with Crippen molar-refractivity contribution in [2.75, 3.05) is 19.8 Å². The van der Waals surface area contributed by atoms with Crippen LogP contribution < -0.4 is 14.2 Å². The molecule has 3 rings (SSSR count). The molecule has 0 aromatic heterocycles. The highest BCUT2D eigenvalue weighted by atomic mass is 32.2. The van der Waals surface area contributed by atoms with Gasteiger partial charge in [-0.25, -0.2) is 13.1 Å². The number of benzene rings is 2. The molecular weight excluding hydrogens is 338 g/mol. The van der Waals surface area contributed by atoms with Crippen LogP contribution >= 0.6 is 0 Å². The molecule has 1 aliphatic heterocycles. The molecule has 0 spiro atoms. The molecule has 1 aliphatic rings. The minimum absolute atomic E-state index is 0.208. The van der Waals surface area contributed by atoms with Gasteiger partial charge in [0.05, 0.1) is 18.1 Å². The maximum atomic E-state index is 12.4. The first-order valence-electron chi connectivity index (χ1n) is 8.58. The van der Waals surface area contributed by atoms with Gasteiger partial charge in [-0.05, 0) is 37.0 Å². The molecule has 5 nitrogen and oxygen atoms in total. The SMILES string of the molecule is O=S(=O)(NCCCCc1ccccc1)c1ccc2c(c1)OCCCO2. The predicted molar refractivity (Wildman–Crippen MR) is 96.6 cm³/mol. The molecule has 2 aromatic carbocycles. The third-order valence-corrected chi connectivity index (χ3v) is 5.52. The number of rotatable bonds is 7. The fourth-order valence-electron chi connectivity index (χ4n) is 2.70. The number of fused-ring (bicyclic) bond motifs is 1. The van der Waals surface area contributed by atoms with E-state index in [9.17, 15) is 8.42 Å². The van der Waals surface area contributed by atoms with Crippen molar-refractivity contribution in [2.45, 2.75) is 30.6 Å². The highest BCUT2D eigenvalue weighted by Gasteiger charge is 2.18. The lowest BCUT2D eigenvalue weighted by Gasteiger charge is -2.11. The standard InChI is InChI=1S/C19H23NO4S/c21-25(22,20-12-5-4-9-16-7-2-1-3-8-16)17-10-11-18-19(15-17)24-14-6-13-23-18/h1-3,7-8,10-11,15,20H,4-6,9,12-14H2. The van der Waals surface area contributed by atoms with Crippen molar-refractivity contribution in [3.8, 4) is 11.5 Å². The lowest BCUT2D eigenvalue weighted by Crippen LogP contribution is -2.24. The minimum atomic E-state index is -3.54. The Morgan fingerprint density at radius 1 is 0.920 bits per heavy atom. The largest absolute Gasteiger partial charge is 0.490 e. The third kappa shape index (κ3) is 4.96. The number of hydrogen-bond donors (Lipinski definition) is 1. The van der Waals surface area contributed by atoms with Gasteiger partial charge in [-0.2, -0.15) is 0 Å². The van der Waals surface area contributed by atoms with Gasteiger partial charge >= 0.3 is 0 Å². The van der Waals surface area contributed by atoms with E-state index in [2.05, 4.69) is 16.9 Å². The van der Waals surface area contributed by atoms with E-state index in [1.807, 2.05) is 18.2 Å². The second-order valence-corrected chi connectivity index (χ2v) is 7.77. The van der Waals surface area contributed by atoms with Crippen LogP contribution in [0.3, 0.4) is 0 Å². The zero-order valence-corrected chi connectivity index (χ0v) is 14.9. The molecule has 6 heteroatoms. The van der Waals surface area contributed by atoms with E-state index >= 15 is 0 Å². The Labute approximate surface area is 149 Å². The lowest BCUT2D eigenvalue weighted by atomic mass is 10.1. The fraction of sp³-hybridized carbons (Fsp3) is 0.368. The summed E-state index contributed by atoms with van der Waals surface area (Å²) >= 11 is 0. The third-order valence-electron chi connectivity index (χ3n) is 4.06. The normalized spacial score (nSPS) is 14.1. The van der Waals surface area contributed by atoms with E-state index in [-0.39, 0.29) is 4.90 Å². The number of aryl methyl sites for hydroxylation is 1. The van der Waals surface area contributed by atoms with E-state index in [4.69, 9.17) is 9.47 Å². The van der Waals surface area contributed by atoms with Crippen LogP contribution in [0.15, 0.2) is 53.4 Å². The van der Waals surface area contributed by atoms with Crippen molar-refractivity contribution in [2.24, 2.45) is 0 Å². The molecule has 0 unspecified atom stereocenters. The first-order chi connectivity index (χ1) is 12.1. The van der Waals surface area contributed by atoms with E-state index in [0.717, 1.165) is 25.7 Å². The van der Waals surface area contributed by atoms with Gasteiger partial charge < -0.3 is 9.47 Å². The Bertz CT molecular complexity index is 790. The molecule has 0 bridgehead atoms. The smallest absolute Gasteiger partial charge is 0.240 e. The molecule has 134 valence electrons.